The van der Waals surface area contributed by atoms with Crippen LogP contribution in [0.3, 0.4) is 0 Å². The van der Waals surface area contributed by atoms with Crippen LogP contribution >= 0.6 is 0 Å². The van der Waals surface area contributed by atoms with Crippen LogP contribution in [0, 0.1) is 0 Å². The molecule has 2 aliphatic rings. The van der Waals surface area contributed by atoms with Gasteiger partial charge in [-0.25, -0.2) is 4.79 Å². The van der Waals surface area contributed by atoms with Crippen molar-refractivity contribution in [1.82, 2.24) is 0 Å². The van der Waals surface area contributed by atoms with E-state index in [0.717, 1.165) is 5.69 Å². The highest BCUT2D eigenvalue weighted by atomic mass is 16.4. The predicted octanol–water partition coefficient (Wildman–Crippen LogP) is 2.45. The van der Waals surface area contributed by atoms with Gasteiger partial charge in [0.2, 0.25) is 0 Å². The summed E-state index contributed by atoms with van der Waals surface area (Å²) in [6, 6.07) is 5.96. The molecular formula is C12H13NO2. The summed E-state index contributed by atoms with van der Waals surface area (Å²) in [7, 11) is 0. The Morgan fingerprint density at radius 1 is 1.40 bits per heavy atom. The normalized spacial score (nSPS) is 26.9. The van der Waals surface area contributed by atoms with Gasteiger partial charge in [0.25, 0.3) is 0 Å². The monoisotopic (exact) mass is 203 g/mol. The first-order valence-electron chi connectivity index (χ1n) is 5.39. The van der Waals surface area contributed by atoms with Gasteiger partial charge in [0.1, 0.15) is 0 Å². The number of fused-ring (bicyclic) bond motifs is 3. The van der Waals surface area contributed by atoms with E-state index in [0.29, 0.717) is 17.5 Å². The molecule has 2 atom stereocenters. The van der Waals surface area contributed by atoms with Crippen molar-refractivity contribution in [3.05, 3.63) is 29.3 Å². The second-order valence-corrected chi connectivity index (χ2v) is 4.40. The topological polar surface area (TPSA) is 49.3 Å². The number of nitrogens with one attached hydrogen (secondary N) is 1. The van der Waals surface area contributed by atoms with Gasteiger partial charge in [-0.1, -0.05) is 6.42 Å². The summed E-state index contributed by atoms with van der Waals surface area (Å²) in [5, 5.41) is 12.4. The van der Waals surface area contributed by atoms with Crippen LogP contribution in [0.25, 0.3) is 0 Å². The van der Waals surface area contributed by atoms with Crippen LogP contribution < -0.4 is 5.32 Å². The summed E-state index contributed by atoms with van der Waals surface area (Å²) in [4.78, 5) is 10.9. The molecule has 2 unspecified atom stereocenters. The van der Waals surface area contributed by atoms with Gasteiger partial charge >= 0.3 is 5.97 Å². The van der Waals surface area contributed by atoms with Crippen LogP contribution in [0.2, 0.25) is 0 Å². The molecule has 78 valence electrons. The lowest BCUT2D eigenvalue weighted by atomic mass is 9.96. The number of carbonyl (C=O) groups is 1. The third-order valence-electron chi connectivity index (χ3n) is 3.55. The summed E-state index contributed by atoms with van der Waals surface area (Å²) < 4.78 is 0. The molecule has 1 aromatic carbocycles. The number of carboxylic acid groups (broad SMARTS) is 1. The summed E-state index contributed by atoms with van der Waals surface area (Å²) in [5.74, 6) is -0.293. The molecular weight excluding hydrogens is 190 g/mol. The first kappa shape index (κ1) is 8.77. The van der Waals surface area contributed by atoms with Gasteiger partial charge in [0, 0.05) is 17.6 Å². The largest absolute Gasteiger partial charge is 0.478 e. The molecule has 3 heteroatoms. The SMILES string of the molecule is O=C(O)c1ccc2c(c1)C1CCCC1N2. The number of aromatic carboxylic acids is 1. The molecule has 0 radical (unpaired) electrons. The lowest BCUT2D eigenvalue weighted by Crippen LogP contribution is -2.13. The average molecular weight is 203 g/mol. The van der Waals surface area contributed by atoms with E-state index in [-0.39, 0.29) is 0 Å². The third kappa shape index (κ3) is 1.23. The Kier molecular flexibility index (Phi) is 1.75. The predicted molar refractivity (Wildman–Crippen MR) is 57.4 cm³/mol. The molecule has 1 fully saturated rings. The van der Waals surface area contributed by atoms with Crippen molar-refractivity contribution in [3.63, 3.8) is 0 Å². The van der Waals surface area contributed by atoms with E-state index < -0.39 is 5.97 Å². The molecule has 3 nitrogen and oxygen atoms in total. The number of rotatable bonds is 1. The maximum Gasteiger partial charge on any atom is 0.335 e. The van der Waals surface area contributed by atoms with Crippen LogP contribution in [-0.2, 0) is 0 Å². The van der Waals surface area contributed by atoms with E-state index in [1.165, 1.54) is 24.8 Å². The maximum absolute atomic E-state index is 10.9. The quantitative estimate of drug-likeness (QED) is 0.737. The molecule has 15 heavy (non-hydrogen) atoms. The molecule has 2 N–H and O–H groups in total. The van der Waals surface area contributed by atoms with E-state index in [1.54, 1.807) is 6.07 Å². The molecule has 0 amide bonds. The van der Waals surface area contributed by atoms with Crippen LogP contribution in [0.1, 0.15) is 41.1 Å². The minimum absolute atomic E-state index is 0.406. The zero-order valence-electron chi connectivity index (χ0n) is 8.36. The highest BCUT2D eigenvalue weighted by Crippen LogP contribution is 2.45. The van der Waals surface area contributed by atoms with E-state index in [1.807, 2.05) is 12.1 Å². The molecule has 1 heterocycles. The first-order chi connectivity index (χ1) is 7.25. The second kappa shape index (κ2) is 2.99. The number of hydrogen-bond acceptors (Lipinski definition) is 2. The zero-order chi connectivity index (χ0) is 10.4. The Bertz CT molecular complexity index is 428. The van der Waals surface area contributed by atoms with Crippen molar-refractivity contribution in [1.29, 1.82) is 0 Å². The van der Waals surface area contributed by atoms with E-state index in [4.69, 9.17) is 5.11 Å². The van der Waals surface area contributed by atoms with Gasteiger partial charge in [0.05, 0.1) is 5.56 Å². The lowest BCUT2D eigenvalue weighted by Gasteiger charge is -2.08. The third-order valence-corrected chi connectivity index (χ3v) is 3.55. The fourth-order valence-electron chi connectivity index (χ4n) is 2.84. The Morgan fingerprint density at radius 3 is 3.07 bits per heavy atom. The maximum atomic E-state index is 10.9. The Hall–Kier alpha value is -1.51. The van der Waals surface area contributed by atoms with Gasteiger partial charge in [-0.15, -0.1) is 0 Å². The zero-order valence-corrected chi connectivity index (χ0v) is 8.36. The van der Waals surface area contributed by atoms with Crippen molar-refractivity contribution < 1.29 is 9.90 Å². The molecule has 1 aliphatic carbocycles. The smallest absolute Gasteiger partial charge is 0.335 e. The van der Waals surface area contributed by atoms with Crippen LogP contribution in [-0.4, -0.2) is 17.1 Å². The van der Waals surface area contributed by atoms with Gasteiger partial charge < -0.3 is 10.4 Å². The number of hydrogen-bond donors (Lipinski definition) is 2. The van der Waals surface area contributed by atoms with Crippen molar-refractivity contribution in [2.24, 2.45) is 0 Å². The molecule has 1 aliphatic heterocycles. The number of benzene rings is 1. The van der Waals surface area contributed by atoms with E-state index in [2.05, 4.69) is 5.32 Å². The van der Waals surface area contributed by atoms with Crippen molar-refractivity contribution in [2.75, 3.05) is 5.32 Å². The van der Waals surface area contributed by atoms with Gasteiger partial charge in [-0.05, 0) is 36.6 Å². The van der Waals surface area contributed by atoms with Crippen LogP contribution in [0.15, 0.2) is 18.2 Å². The summed E-state index contributed by atoms with van der Waals surface area (Å²) in [6.07, 6.45) is 3.65. The van der Waals surface area contributed by atoms with Gasteiger partial charge in [-0.2, -0.15) is 0 Å². The molecule has 1 saturated carbocycles. The fourth-order valence-corrected chi connectivity index (χ4v) is 2.84. The van der Waals surface area contributed by atoms with Crippen LogP contribution in [0.5, 0.6) is 0 Å². The molecule has 0 saturated heterocycles. The molecule has 0 spiro atoms. The summed E-state index contributed by atoms with van der Waals surface area (Å²) in [5.41, 5.74) is 2.75. The lowest BCUT2D eigenvalue weighted by molar-refractivity contribution is 0.0697. The summed E-state index contributed by atoms with van der Waals surface area (Å²) >= 11 is 0. The fraction of sp³-hybridized carbons (Fsp3) is 0.417. The second-order valence-electron chi connectivity index (χ2n) is 4.40. The average Bonchev–Trinajstić information content (AvgIpc) is 2.75. The summed E-state index contributed by atoms with van der Waals surface area (Å²) in [6.45, 7) is 0. The minimum atomic E-state index is -0.834. The van der Waals surface area contributed by atoms with Gasteiger partial charge in [-0.3, -0.25) is 0 Å². The van der Waals surface area contributed by atoms with E-state index in [9.17, 15) is 4.79 Å². The minimum Gasteiger partial charge on any atom is -0.478 e. The standard InChI is InChI=1S/C12H13NO2/c14-12(15)7-4-5-11-9(6-7)8-2-1-3-10(8)13-11/h4-6,8,10,13H,1-3H2,(H,14,15). The molecule has 1 aromatic rings. The van der Waals surface area contributed by atoms with Crippen LogP contribution in [0.4, 0.5) is 5.69 Å². The number of anilines is 1. The molecule has 0 aromatic heterocycles. The van der Waals surface area contributed by atoms with Gasteiger partial charge in [0.15, 0.2) is 0 Å². The van der Waals surface area contributed by atoms with Crippen molar-refractivity contribution in [2.45, 2.75) is 31.2 Å². The first-order valence-corrected chi connectivity index (χ1v) is 5.39. The van der Waals surface area contributed by atoms with Crippen molar-refractivity contribution >= 4 is 11.7 Å². The Labute approximate surface area is 88.1 Å². The molecule has 0 bridgehead atoms. The number of carboxylic acids is 1. The Morgan fingerprint density at radius 2 is 2.27 bits per heavy atom. The van der Waals surface area contributed by atoms with E-state index >= 15 is 0 Å². The molecule has 3 rings (SSSR count). The highest BCUT2D eigenvalue weighted by Gasteiger charge is 2.35. The van der Waals surface area contributed by atoms with Crippen molar-refractivity contribution in [3.8, 4) is 0 Å². The Balaban J connectivity index is 2.05. The highest BCUT2D eigenvalue weighted by molar-refractivity contribution is 5.89.